The largest absolute Gasteiger partial charge is 0.494 e. The van der Waals surface area contributed by atoms with Crippen LogP contribution in [-0.2, 0) is 11.2 Å². The quantitative estimate of drug-likeness (QED) is 0.747. The van der Waals surface area contributed by atoms with Gasteiger partial charge in [0.1, 0.15) is 11.6 Å². The highest BCUT2D eigenvalue weighted by Gasteiger charge is 2.10. The third kappa shape index (κ3) is 4.23. The number of halogens is 1. The zero-order chi connectivity index (χ0) is 17.6. The fourth-order valence-corrected chi connectivity index (χ4v) is 2.45. The minimum Gasteiger partial charge on any atom is -0.494 e. The van der Waals surface area contributed by atoms with E-state index >= 15 is 0 Å². The fourth-order valence-electron chi connectivity index (χ4n) is 2.45. The molecule has 5 nitrogen and oxygen atoms in total. The number of nitrogens with zero attached hydrogens (tertiary/aromatic N) is 2. The molecular weight excluding hydrogens is 321 g/mol. The van der Waals surface area contributed by atoms with E-state index in [0.717, 1.165) is 11.3 Å². The predicted molar refractivity (Wildman–Crippen MR) is 93.5 cm³/mol. The molecule has 0 radical (unpaired) electrons. The van der Waals surface area contributed by atoms with Gasteiger partial charge in [-0.05, 0) is 36.2 Å². The number of carbonyl (C=O) groups is 1. The van der Waals surface area contributed by atoms with Gasteiger partial charge in [0.05, 0.1) is 24.7 Å². The monoisotopic (exact) mass is 339 g/mol. The van der Waals surface area contributed by atoms with E-state index in [0.29, 0.717) is 24.3 Å². The van der Waals surface area contributed by atoms with Crippen LogP contribution in [0.3, 0.4) is 0 Å². The van der Waals surface area contributed by atoms with E-state index in [1.165, 1.54) is 25.3 Å². The van der Waals surface area contributed by atoms with Crippen LogP contribution >= 0.6 is 0 Å². The maximum Gasteiger partial charge on any atom is 0.224 e. The van der Waals surface area contributed by atoms with Gasteiger partial charge in [0.25, 0.3) is 0 Å². The van der Waals surface area contributed by atoms with Crippen molar-refractivity contribution >= 4 is 11.6 Å². The van der Waals surface area contributed by atoms with Crippen molar-refractivity contribution in [2.75, 3.05) is 12.4 Å². The molecule has 0 bridgehead atoms. The number of methoxy groups -OCH3 is 1. The molecule has 1 amide bonds. The van der Waals surface area contributed by atoms with Gasteiger partial charge >= 0.3 is 0 Å². The average Bonchev–Trinajstić information content (AvgIpc) is 3.11. The summed E-state index contributed by atoms with van der Waals surface area (Å²) >= 11 is 0. The van der Waals surface area contributed by atoms with Crippen LogP contribution in [0.25, 0.3) is 5.69 Å². The van der Waals surface area contributed by atoms with Crippen LogP contribution in [-0.4, -0.2) is 22.8 Å². The first-order valence-corrected chi connectivity index (χ1v) is 7.88. The number of hydrogen-bond donors (Lipinski definition) is 1. The molecule has 0 aliphatic rings. The molecule has 1 aromatic heterocycles. The van der Waals surface area contributed by atoms with Crippen LogP contribution in [0.1, 0.15) is 12.0 Å². The number of aromatic nitrogens is 2. The summed E-state index contributed by atoms with van der Waals surface area (Å²) in [6, 6.07) is 13.8. The first-order valence-electron chi connectivity index (χ1n) is 7.88. The molecule has 1 heterocycles. The van der Waals surface area contributed by atoms with Crippen LogP contribution in [0.15, 0.2) is 60.9 Å². The van der Waals surface area contributed by atoms with Crippen LogP contribution in [0.2, 0.25) is 0 Å². The number of rotatable bonds is 6. The summed E-state index contributed by atoms with van der Waals surface area (Å²) in [5.41, 5.74) is 2.38. The van der Waals surface area contributed by atoms with Crippen molar-refractivity contribution in [2.45, 2.75) is 12.8 Å². The number of hydrogen-bond acceptors (Lipinski definition) is 3. The highest BCUT2D eigenvalue weighted by molar-refractivity contribution is 5.92. The third-order valence-corrected chi connectivity index (χ3v) is 3.74. The van der Waals surface area contributed by atoms with E-state index in [1.54, 1.807) is 10.9 Å². The van der Waals surface area contributed by atoms with Crippen LogP contribution in [0.4, 0.5) is 10.1 Å². The summed E-state index contributed by atoms with van der Waals surface area (Å²) in [5.74, 6) is -0.286. The number of aryl methyl sites for hydroxylation is 1. The third-order valence-electron chi connectivity index (χ3n) is 3.74. The Morgan fingerprint density at radius 3 is 2.80 bits per heavy atom. The van der Waals surface area contributed by atoms with E-state index in [-0.39, 0.29) is 5.91 Å². The number of anilines is 1. The second-order valence-corrected chi connectivity index (χ2v) is 5.52. The highest BCUT2D eigenvalue weighted by atomic mass is 19.1. The molecule has 0 spiro atoms. The van der Waals surface area contributed by atoms with Gasteiger partial charge in [0.2, 0.25) is 5.91 Å². The Kier molecular flexibility index (Phi) is 5.09. The second kappa shape index (κ2) is 7.61. The smallest absolute Gasteiger partial charge is 0.224 e. The van der Waals surface area contributed by atoms with E-state index < -0.39 is 5.82 Å². The summed E-state index contributed by atoms with van der Waals surface area (Å²) in [5, 5.41) is 7.05. The molecule has 0 aliphatic heterocycles. The van der Waals surface area contributed by atoms with E-state index in [2.05, 4.69) is 10.4 Å². The lowest BCUT2D eigenvalue weighted by atomic mass is 10.2. The van der Waals surface area contributed by atoms with Gasteiger partial charge in [-0.3, -0.25) is 4.79 Å². The van der Waals surface area contributed by atoms with Crippen molar-refractivity contribution in [3.8, 4) is 11.4 Å². The molecule has 0 unspecified atom stereocenters. The SMILES string of the molecule is COc1cc(F)ccc1NC(=O)CCc1cnn(-c2ccccc2)c1. The zero-order valence-corrected chi connectivity index (χ0v) is 13.8. The molecule has 0 aliphatic carbocycles. The molecule has 25 heavy (non-hydrogen) atoms. The van der Waals surface area contributed by atoms with Crippen molar-refractivity contribution in [3.05, 3.63) is 72.3 Å². The molecule has 0 fully saturated rings. The molecule has 3 aromatic rings. The predicted octanol–water partition coefficient (Wildman–Crippen LogP) is 3.59. The Hall–Kier alpha value is -3.15. The summed E-state index contributed by atoms with van der Waals surface area (Å²) < 4.78 is 20.0. The highest BCUT2D eigenvalue weighted by Crippen LogP contribution is 2.25. The van der Waals surface area contributed by atoms with Crippen LogP contribution < -0.4 is 10.1 Å². The summed E-state index contributed by atoms with van der Waals surface area (Å²) in [6.45, 7) is 0. The number of para-hydroxylation sites is 1. The van der Waals surface area contributed by atoms with Crippen molar-refractivity contribution in [1.82, 2.24) is 9.78 Å². The fraction of sp³-hybridized carbons (Fsp3) is 0.158. The Bertz CT molecular complexity index is 862. The van der Waals surface area contributed by atoms with Gasteiger partial charge in [-0.1, -0.05) is 18.2 Å². The van der Waals surface area contributed by atoms with Crippen molar-refractivity contribution in [1.29, 1.82) is 0 Å². The summed E-state index contributed by atoms with van der Waals surface area (Å²) in [7, 11) is 1.43. The summed E-state index contributed by atoms with van der Waals surface area (Å²) in [4.78, 5) is 12.1. The van der Waals surface area contributed by atoms with E-state index in [4.69, 9.17) is 4.74 Å². The number of ether oxygens (including phenoxy) is 1. The van der Waals surface area contributed by atoms with Crippen molar-refractivity contribution in [2.24, 2.45) is 0 Å². The molecule has 1 N–H and O–H groups in total. The second-order valence-electron chi connectivity index (χ2n) is 5.52. The number of amides is 1. The van der Waals surface area contributed by atoms with E-state index in [1.807, 2.05) is 36.5 Å². The average molecular weight is 339 g/mol. The Balaban J connectivity index is 1.59. The zero-order valence-electron chi connectivity index (χ0n) is 13.8. The van der Waals surface area contributed by atoms with Crippen LogP contribution in [0, 0.1) is 5.82 Å². The molecule has 0 atom stereocenters. The van der Waals surface area contributed by atoms with Gasteiger partial charge in [-0.2, -0.15) is 5.10 Å². The lowest BCUT2D eigenvalue weighted by molar-refractivity contribution is -0.116. The lowest BCUT2D eigenvalue weighted by Crippen LogP contribution is -2.13. The Labute approximate surface area is 145 Å². The van der Waals surface area contributed by atoms with Crippen molar-refractivity contribution in [3.63, 3.8) is 0 Å². The van der Waals surface area contributed by atoms with Crippen LogP contribution in [0.5, 0.6) is 5.75 Å². The maximum absolute atomic E-state index is 13.2. The molecule has 0 saturated heterocycles. The first-order chi connectivity index (χ1) is 12.2. The van der Waals surface area contributed by atoms with Gasteiger partial charge < -0.3 is 10.1 Å². The molecule has 2 aromatic carbocycles. The summed E-state index contributed by atoms with van der Waals surface area (Å²) in [6.07, 6.45) is 4.50. The lowest BCUT2D eigenvalue weighted by Gasteiger charge is -2.09. The molecule has 3 rings (SSSR count). The minimum atomic E-state index is -0.414. The molecule has 6 heteroatoms. The maximum atomic E-state index is 13.2. The Morgan fingerprint density at radius 1 is 1.24 bits per heavy atom. The molecule has 0 saturated carbocycles. The van der Waals surface area contributed by atoms with Gasteiger partial charge in [0.15, 0.2) is 0 Å². The number of carbonyl (C=O) groups excluding carboxylic acids is 1. The first kappa shape index (κ1) is 16.7. The number of benzene rings is 2. The standard InChI is InChI=1S/C19H18FN3O2/c1-25-18-11-15(20)8-9-17(18)22-19(24)10-7-14-12-21-23(13-14)16-5-3-2-4-6-16/h2-6,8-9,11-13H,7,10H2,1H3,(H,22,24). The topological polar surface area (TPSA) is 56.1 Å². The van der Waals surface area contributed by atoms with E-state index in [9.17, 15) is 9.18 Å². The van der Waals surface area contributed by atoms with Gasteiger partial charge in [-0.15, -0.1) is 0 Å². The normalized spacial score (nSPS) is 10.5. The van der Waals surface area contributed by atoms with Gasteiger partial charge in [0, 0.05) is 18.7 Å². The molecule has 128 valence electrons. The van der Waals surface area contributed by atoms with Crippen molar-refractivity contribution < 1.29 is 13.9 Å². The van der Waals surface area contributed by atoms with Gasteiger partial charge in [-0.25, -0.2) is 9.07 Å². The Morgan fingerprint density at radius 2 is 2.04 bits per heavy atom. The number of nitrogens with one attached hydrogen (secondary N) is 1. The minimum absolute atomic E-state index is 0.169. The molecular formula is C19H18FN3O2.